The maximum Gasteiger partial charge on any atom is 0.222 e. The predicted octanol–water partition coefficient (Wildman–Crippen LogP) is 2.17. The van der Waals surface area contributed by atoms with Crippen LogP contribution in [0, 0.1) is 0 Å². The molecule has 1 aliphatic heterocycles. The van der Waals surface area contributed by atoms with Gasteiger partial charge in [0.05, 0.1) is 13.2 Å². The quantitative estimate of drug-likeness (QED) is 0.325. The van der Waals surface area contributed by atoms with Crippen LogP contribution in [0.4, 0.5) is 0 Å². The van der Waals surface area contributed by atoms with E-state index >= 15 is 0 Å². The monoisotopic (exact) mass is 390 g/mol. The molecule has 156 valence electrons. The molecule has 0 atom stereocenters. The number of guanidine groups is 1. The Morgan fingerprint density at radius 2 is 2.14 bits per heavy atom. The lowest BCUT2D eigenvalue weighted by atomic mass is 10.2. The van der Waals surface area contributed by atoms with Gasteiger partial charge in [-0.15, -0.1) is 0 Å². The van der Waals surface area contributed by atoms with Crippen LogP contribution in [0.1, 0.15) is 38.2 Å². The number of hydrogen-bond acceptors (Lipinski definition) is 4. The molecule has 7 nitrogen and oxygen atoms in total. The standard InChI is InChI=1S/C21H34N4O3/c1-3-22-21(23-11-6-13-25-12-5-10-20(25)26)24-17-18-8-4-9-19(16-18)28-15-7-14-27-2/h4,8-9,16H,3,5-7,10-15,17H2,1-2H3,(H2,22,23,24). The van der Waals surface area contributed by atoms with E-state index in [0.717, 1.165) is 62.7 Å². The molecular weight excluding hydrogens is 356 g/mol. The van der Waals surface area contributed by atoms with E-state index in [1.165, 1.54) is 0 Å². The third-order valence-corrected chi connectivity index (χ3v) is 4.49. The number of benzene rings is 1. The number of nitrogens with zero attached hydrogens (tertiary/aromatic N) is 2. The van der Waals surface area contributed by atoms with E-state index in [1.54, 1.807) is 7.11 Å². The smallest absolute Gasteiger partial charge is 0.222 e. The number of carbonyl (C=O) groups is 1. The molecule has 1 amide bonds. The number of methoxy groups -OCH3 is 1. The van der Waals surface area contributed by atoms with Gasteiger partial charge in [0.15, 0.2) is 5.96 Å². The van der Waals surface area contributed by atoms with Crippen molar-refractivity contribution < 1.29 is 14.3 Å². The van der Waals surface area contributed by atoms with Gasteiger partial charge in [-0.1, -0.05) is 12.1 Å². The summed E-state index contributed by atoms with van der Waals surface area (Å²) in [6, 6.07) is 8.03. The normalized spacial score (nSPS) is 14.4. The highest BCUT2D eigenvalue weighted by Gasteiger charge is 2.18. The lowest BCUT2D eigenvalue weighted by molar-refractivity contribution is -0.127. The summed E-state index contributed by atoms with van der Waals surface area (Å²) in [5, 5.41) is 6.61. The number of aliphatic imine (C=N–C) groups is 1. The van der Waals surface area contributed by atoms with E-state index in [2.05, 4.69) is 22.5 Å². The maximum atomic E-state index is 11.6. The SMILES string of the molecule is CCNC(=NCc1cccc(OCCCOC)c1)NCCCN1CCCC1=O. The minimum atomic E-state index is 0.282. The van der Waals surface area contributed by atoms with Crippen LogP contribution in [-0.4, -0.2) is 63.3 Å². The summed E-state index contributed by atoms with van der Waals surface area (Å²) in [4.78, 5) is 18.2. The van der Waals surface area contributed by atoms with Crippen molar-refractivity contribution in [1.82, 2.24) is 15.5 Å². The Balaban J connectivity index is 1.76. The van der Waals surface area contributed by atoms with Crippen molar-refractivity contribution in [2.45, 2.75) is 39.2 Å². The first kappa shape index (κ1) is 22.0. The Morgan fingerprint density at radius 3 is 2.89 bits per heavy atom. The van der Waals surface area contributed by atoms with Crippen LogP contribution in [0.3, 0.4) is 0 Å². The van der Waals surface area contributed by atoms with Crippen LogP contribution >= 0.6 is 0 Å². The number of hydrogen-bond donors (Lipinski definition) is 2. The fraction of sp³-hybridized carbons (Fsp3) is 0.619. The molecule has 0 radical (unpaired) electrons. The molecule has 2 rings (SSSR count). The van der Waals surface area contributed by atoms with Gasteiger partial charge in [-0.2, -0.15) is 0 Å². The van der Waals surface area contributed by atoms with E-state index < -0.39 is 0 Å². The lowest BCUT2D eigenvalue weighted by Crippen LogP contribution is -2.39. The van der Waals surface area contributed by atoms with Crippen LogP contribution in [0.2, 0.25) is 0 Å². The molecule has 0 bridgehead atoms. The van der Waals surface area contributed by atoms with Gasteiger partial charge in [-0.05, 0) is 37.5 Å². The van der Waals surface area contributed by atoms with Gasteiger partial charge in [-0.3, -0.25) is 4.79 Å². The molecule has 1 saturated heterocycles. The minimum Gasteiger partial charge on any atom is -0.493 e. The number of amides is 1. The fourth-order valence-electron chi connectivity index (χ4n) is 3.06. The molecule has 0 unspecified atom stereocenters. The van der Waals surface area contributed by atoms with Crippen LogP contribution < -0.4 is 15.4 Å². The van der Waals surface area contributed by atoms with E-state index in [0.29, 0.717) is 26.2 Å². The van der Waals surface area contributed by atoms with Gasteiger partial charge in [-0.25, -0.2) is 4.99 Å². The van der Waals surface area contributed by atoms with Crippen molar-refractivity contribution in [2.75, 3.05) is 46.5 Å². The van der Waals surface area contributed by atoms with Crippen LogP contribution in [-0.2, 0) is 16.1 Å². The molecule has 28 heavy (non-hydrogen) atoms. The highest BCUT2D eigenvalue weighted by atomic mass is 16.5. The zero-order valence-corrected chi connectivity index (χ0v) is 17.2. The summed E-state index contributed by atoms with van der Waals surface area (Å²) in [5.74, 6) is 1.93. The van der Waals surface area contributed by atoms with Gasteiger partial charge >= 0.3 is 0 Å². The molecule has 0 aliphatic carbocycles. The lowest BCUT2D eigenvalue weighted by Gasteiger charge is -2.16. The van der Waals surface area contributed by atoms with Crippen molar-refractivity contribution in [3.63, 3.8) is 0 Å². The molecule has 1 aromatic rings. The van der Waals surface area contributed by atoms with Crippen molar-refractivity contribution in [3.05, 3.63) is 29.8 Å². The molecule has 0 spiro atoms. The summed E-state index contributed by atoms with van der Waals surface area (Å²) in [6.07, 6.45) is 3.48. The molecular formula is C21H34N4O3. The highest BCUT2D eigenvalue weighted by molar-refractivity contribution is 5.79. The predicted molar refractivity (Wildman–Crippen MR) is 112 cm³/mol. The second kappa shape index (κ2) is 13.0. The largest absolute Gasteiger partial charge is 0.493 e. The second-order valence-corrected chi connectivity index (χ2v) is 6.80. The summed E-state index contributed by atoms with van der Waals surface area (Å²) in [5.41, 5.74) is 1.10. The molecule has 1 aliphatic rings. The average molecular weight is 391 g/mol. The molecule has 1 aromatic carbocycles. The number of rotatable bonds is 12. The first-order chi connectivity index (χ1) is 13.7. The zero-order chi connectivity index (χ0) is 20.0. The number of carbonyl (C=O) groups excluding carboxylic acids is 1. The van der Waals surface area contributed by atoms with Crippen molar-refractivity contribution in [3.8, 4) is 5.75 Å². The number of nitrogens with one attached hydrogen (secondary N) is 2. The summed E-state index contributed by atoms with van der Waals surface area (Å²) >= 11 is 0. The Labute approximate surface area is 168 Å². The van der Waals surface area contributed by atoms with Gasteiger partial charge in [0.2, 0.25) is 5.91 Å². The Morgan fingerprint density at radius 1 is 1.25 bits per heavy atom. The van der Waals surface area contributed by atoms with E-state index in [9.17, 15) is 4.79 Å². The summed E-state index contributed by atoms with van der Waals surface area (Å²) in [6.45, 7) is 7.28. The van der Waals surface area contributed by atoms with E-state index in [1.807, 2.05) is 29.2 Å². The van der Waals surface area contributed by atoms with Crippen molar-refractivity contribution >= 4 is 11.9 Å². The Hall–Kier alpha value is -2.28. The summed E-state index contributed by atoms with van der Waals surface area (Å²) < 4.78 is 10.8. The van der Waals surface area contributed by atoms with Gasteiger partial charge < -0.3 is 25.0 Å². The second-order valence-electron chi connectivity index (χ2n) is 6.80. The average Bonchev–Trinajstić information content (AvgIpc) is 3.11. The van der Waals surface area contributed by atoms with Crippen molar-refractivity contribution in [1.29, 1.82) is 0 Å². The fourth-order valence-corrected chi connectivity index (χ4v) is 3.06. The Bertz CT molecular complexity index is 621. The van der Waals surface area contributed by atoms with Gasteiger partial charge in [0, 0.05) is 52.7 Å². The highest BCUT2D eigenvalue weighted by Crippen LogP contribution is 2.14. The van der Waals surface area contributed by atoms with Crippen molar-refractivity contribution in [2.24, 2.45) is 4.99 Å². The van der Waals surface area contributed by atoms with Crippen LogP contribution in [0.5, 0.6) is 5.75 Å². The number of ether oxygens (including phenoxy) is 2. The van der Waals surface area contributed by atoms with Gasteiger partial charge in [0.1, 0.15) is 5.75 Å². The third-order valence-electron chi connectivity index (χ3n) is 4.49. The first-order valence-corrected chi connectivity index (χ1v) is 10.2. The number of likely N-dealkylation sites (tertiary alicyclic amines) is 1. The molecule has 7 heteroatoms. The molecule has 2 N–H and O–H groups in total. The third kappa shape index (κ3) is 8.17. The summed E-state index contributed by atoms with van der Waals surface area (Å²) in [7, 11) is 1.69. The topological polar surface area (TPSA) is 75.2 Å². The molecule has 1 fully saturated rings. The van der Waals surface area contributed by atoms with E-state index in [4.69, 9.17) is 9.47 Å². The first-order valence-electron chi connectivity index (χ1n) is 10.2. The minimum absolute atomic E-state index is 0.282. The maximum absolute atomic E-state index is 11.6. The molecule has 0 saturated carbocycles. The molecule has 1 heterocycles. The van der Waals surface area contributed by atoms with E-state index in [-0.39, 0.29) is 5.91 Å². The van der Waals surface area contributed by atoms with Crippen LogP contribution in [0.25, 0.3) is 0 Å². The Kier molecular flexibility index (Phi) is 10.2. The van der Waals surface area contributed by atoms with Gasteiger partial charge in [0.25, 0.3) is 0 Å². The van der Waals surface area contributed by atoms with Crippen LogP contribution in [0.15, 0.2) is 29.3 Å². The molecule has 0 aromatic heterocycles. The zero-order valence-electron chi connectivity index (χ0n) is 17.2.